The van der Waals surface area contributed by atoms with Gasteiger partial charge in [-0.2, -0.15) is 0 Å². The lowest BCUT2D eigenvalue weighted by atomic mass is 9.94. The predicted molar refractivity (Wildman–Crippen MR) is 113 cm³/mol. The van der Waals surface area contributed by atoms with Crippen molar-refractivity contribution in [1.29, 1.82) is 0 Å². The summed E-state index contributed by atoms with van der Waals surface area (Å²) in [5, 5.41) is 21.7. The minimum atomic E-state index is -0.457. The van der Waals surface area contributed by atoms with Crippen LogP contribution in [0, 0.1) is 20.2 Å². The van der Waals surface area contributed by atoms with Crippen molar-refractivity contribution in [2.75, 3.05) is 19.6 Å². The molecule has 0 saturated carbocycles. The number of nitro groups is 2. The summed E-state index contributed by atoms with van der Waals surface area (Å²) in [4.78, 5) is 35.1. The smallest absolute Gasteiger partial charge is 0.269 e. The molecule has 3 rings (SSSR count). The van der Waals surface area contributed by atoms with Crippen molar-refractivity contribution in [1.82, 2.24) is 0 Å². The average Bonchev–Trinajstić information content (AvgIpc) is 2.72. The van der Waals surface area contributed by atoms with E-state index in [0.29, 0.717) is 24.2 Å². The summed E-state index contributed by atoms with van der Waals surface area (Å²) < 4.78 is 0. The van der Waals surface area contributed by atoms with Crippen LogP contribution in [0.25, 0.3) is 12.2 Å². The molecule has 1 atom stereocenters. The van der Waals surface area contributed by atoms with E-state index in [1.54, 1.807) is 36.4 Å². The first-order valence-corrected chi connectivity index (χ1v) is 9.65. The second-order valence-electron chi connectivity index (χ2n) is 7.22. The molecule has 0 radical (unpaired) electrons. The average molecular weight is 408 g/mol. The Labute approximate surface area is 173 Å². The Morgan fingerprint density at radius 3 is 1.57 bits per heavy atom. The number of hydrogen-bond acceptors (Lipinski definition) is 5. The molecule has 0 aliphatic carbocycles. The van der Waals surface area contributed by atoms with Crippen LogP contribution in [0.2, 0.25) is 0 Å². The maximum absolute atomic E-state index is 13.1. The summed E-state index contributed by atoms with van der Waals surface area (Å²) >= 11 is 0. The number of Topliss-reactive ketones (excluding diaryl/α,β-unsaturated/α-hetero) is 1. The normalized spacial score (nSPS) is 19.2. The molecular weight excluding hydrogens is 386 g/mol. The highest BCUT2D eigenvalue weighted by Crippen LogP contribution is 2.19. The molecule has 1 N–H and O–H groups in total. The quantitative estimate of drug-likeness (QED) is 0.449. The third-order valence-electron chi connectivity index (χ3n) is 4.96. The van der Waals surface area contributed by atoms with Crippen LogP contribution < -0.4 is 4.90 Å². The SMILES string of the molecule is CCC[NH+]1C/C(=C/c2ccc([N+](=O)[O-])cc2)C(=O)/C(=C/c2ccc([N+](=O)[O-])cc2)C1. The molecule has 30 heavy (non-hydrogen) atoms. The van der Waals surface area contributed by atoms with E-state index in [-0.39, 0.29) is 17.2 Å². The zero-order valence-electron chi connectivity index (χ0n) is 16.5. The van der Waals surface area contributed by atoms with Crippen LogP contribution in [0.3, 0.4) is 0 Å². The molecule has 2 aromatic rings. The van der Waals surface area contributed by atoms with E-state index in [0.717, 1.165) is 24.1 Å². The van der Waals surface area contributed by atoms with Crippen molar-refractivity contribution in [3.8, 4) is 0 Å². The zero-order valence-corrected chi connectivity index (χ0v) is 16.5. The summed E-state index contributed by atoms with van der Waals surface area (Å²) in [6.45, 7) is 4.16. The molecule has 8 nitrogen and oxygen atoms in total. The van der Waals surface area contributed by atoms with Gasteiger partial charge in [-0.25, -0.2) is 0 Å². The van der Waals surface area contributed by atoms with Crippen LogP contribution in [0.1, 0.15) is 24.5 Å². The lowest BCUT2D eigenvalue weighted by molar-refractivity contribution is -0.891. The largest absolute Gasteiger partial charge is 0.327 e. The Morgan fingerprint density at radius 1 is 0.833 bits per heavy atom. The van der Waals surface area contributed by atoms with E-state index in [9.17, 15) is 25.0 Å². The number of nitrogens with zero attached hydrogens (tertiary/aromatic N) is 2. The number of carbonyl (C=O) groups excluding carboxylic acids is 1. The number of nitro benzene ring substituents is 2. The van der Waals surface area contributed by atoms with Crippen molar-refractivity contribution in [3.63, 3.8) is 0 Å². The molecule has 1 heterocycles. The van der Waals surface area contributed by atoms with Crippen molar-refractivity contribution in [2.45, 2.75) is 13.3 Å². The van der Waals surface area contributed by atoms with Gasteiger partial charge in [-0.3, -0.25) is 25.0 Å². The van der Waals surface area contributed by atoms with Gasteiger partial charge in [0.15, 0.2) is 5.78 Å². The Bertz CT molecular complexity index is 944. The molecule has 0 amide bonds. The third-order valence-corrected chi connectivity index (χ3v) is 4.96. The predicted octanol–water partition coefficient (Wildman–Crippen LogP) is 2.85. The van der Waals surface area contributed by atoms with Gasteiger partial charge in [0.25, 0.3) is 11.4 Å². The standard InChI is InChI=1S/C22H21N3O5/c1-2-11-23-14-18(12-16-3-7-20(8-4-16)24(27)28)22(26)19(15-23)13-17-5-9-21(10-6-17)25(29)30/h3-10,12-13H,2,11,14-15H2,1H3/p+1/b18-12-,19-13+. The van der Waals surface area contributed by atoms with Gasteiger partial charge in [-0.15, -0.1) is 0 Å². The Kier molecular flexibility index (Phi) is 6.48. The van der Waals surface area contributed by atoms with E-state index in [1.807, 2.05) is 0 Å². The number of quaternary nitrogens is 1. The molecule has 8 heteroatoms. The number of likely N-dealkylation sites (tertiary alicyclic amines) is 1. The molecule has 1 aliphatic rings. The topological polar surface area (TPSA) is 108 Å². The van der Waals surface area contributed by atoms with E-state index in [1.165, 1.54) is 29.2 Å². The summed E-state index contributed by atoms with van der Waals surface area (Å²) in [6, 6.07) is 12.2. The van der Waals surface area contributed by atoms with Crippen LogP contribution in [0.4, 0.5) is 11.4 Å². The van der Waals surface area contributed by atoms with Gasteiger partial charge < -0.3 is 4.90 Å². The molecule has 0 bridgehead atoms. The highest BCUT2D eigenvalue weighted by Gasteiger charge is 2.28. The summed E-state index contributed by atoms with van der Waals surface area (Å²) in [5.41, 5.74) is 2.76. The highest BCUT2D eigenvalue weighted by atomic mass is 16.6. The van der Waals surface area contributed by atoms with E-state index in [4.69, 9.17) is 0 Å². The van der Waals surface area contributed by atoms with Crippen LogP contribution >= 0.6 is 0 Å². The Hall–Kier alpha value is -3.65. The number of rotatable bonds is 6. The van der Waals surface area contributed by atoms with Gasteiger partial charge in [0.05, 0.1) is 27.5 Å². The first kappa shape index (κ1) is 21.1. The van der Waals surface area contributed by atoms with E-state index >= 15 is 0 Å². The maximum atomic E-state index is 13.1. The molecular formula is C22H22N3O5+. The maximum Gasteiger partial charge on any atom is 0.269 e. The second-order valence-corrected chi connectivity index (χ2v) is 7.22. The third kappa shape index (κ3) is 5.03. The van der Waals surface area contributed by atoms with Gasteiger partial charge in [-0.05, 0) is 54.0 Å². The van der Waals surface area contributed by atoms with Crippen molar-refractivity contribution in [3.05, 3.63) is 91.0 Å². The van der Waals surface area contributed by atoms with Crippen molar-refractivity contribution in [2.24, 2.45) is 0 Å². The van der Waals surface area contributed by atoms with Crippen LogP contribution in [0.15, 0.2) is 59.7 Å². The van der Waals surface area contributed by atoms with Crippen LogP contribution in [-0.4, -0.2) is 35.3 Å². The number of hydrogen-bond donors (Lipinski definition) is 1. The summed E-state index contributed by atoms with van der Waals surface area (Å²) in [5.74, 6) is -0.0634. The van der Waals surface area contributed by atoms with Gasteiger partial charge >= 0.3 is 0 Å². The van der Waals surface area contributed by atoms with Crippen LogP contribution in [0.5, 0.6) is 0 Å². The van der Waals surface area contributed by atoms with E-state index < -0.39 is 9.85 Å². The fourth-order valence-corrected chi connectivity index (χ4v) is 3.52. The number of non-ortho nitro benzene ring substituents is 2. The van der Waals surface area contributed by atoms with Gasteiger partial charge in [0.1, 0.15) is 13.1 Å². The number of piperidine rings is 1. The molecule has 1 fully saturated rings. The fourth-order valence-electron chi connectivity index (χ4n) is 3.52. The fraction of sp³-hybridized carbons (Fsp3) is 0.227. The molecule has 0 aromatic heterocycles. The monoisotopic (exact) mass is 408 g/mol. The van der Waals surface area contributed by atoms with Crippen molar-refractivity contribution >= 4 is 29.3 Å². The number of ketones is 1. The van der Waals surface area contributed by atoms with Crippen LogP contribution in [-0.2, 0) is 4.79 Å². The Balaban J connectivity index is 1.91. The molecule has 1 unspecified atom stereocenters. The second kappa shape index (κ2) is 9.23. The summed E-state index contributed by atoms with van der Waals surface area (Å²) in [6.07, 6.45) is 4.54. The first-order chi connectivity index (χ1) is 14.4. The minimum Gasteiger partial charge on any atom is -0.327 e. The molecule has 1 aliphatic heterocycles. The number of nitrogens with one attached hydrogen (secondary N) is 1. The lowest BCUT2D eigenvalue weighted by Gasteiger charge is -2.26. The number of carbonyl (C=O) groups is 1. The van der Waals surface area contributed by atoms with Gasteiger partial charge in [-0.1, -0.05) is 6.92 Å². The van der Waals surface area contributed by atoms with Gasteiger partial charge in [0.2, 0.25) is 0 Å². The highest BCUT2D eigenvalue weighted by molar-refractivity contribution is 6.14. The molecule has 0 spiro atoms. The Morgan fingerprint density at radius 2 is 1.23 bits per heavy atom. The molecule has 154 valence electrons. The van der Waals surface area contributed by atoms with Crippen molar-refractivity contribution < 1.29 is 19.5 Å². The lowest BCUT2D eigenvalue weighted by Crippen LogP contribution is -3.13. The molecule has 1 saturated heterocycles. The number of benzene rings is 2. The minimum absolute atomic E-state index is 0.00381. The zero-order chi connectivity index (χ0) is 21.7. The summed E-state index contributed by atoms with van der Waals surface area (Å²) in [7, 11) is 0. The van der Waals surface area contributed by atoms with Gasteiger partial charge in [0, 0.05) is 24.3 Å². The molecule has 2 aromatic carbocycles. The first-order valence-electron chi connectivity index (χ1n) is 9.65. The van der Waals surface area contributed by atoms with E-state index in [2.05, 4.69) is 6.92 Å².